The van der Waals surface area contributed by atoms with E-state index in [2.05, 4.69) is 0 Å². The second-order valence-corrected chi connectivity index (χ2v) is 4.34. The van der Waals surface area contributed by atoms with Gasteiger partial charge in [0, 0.05) is 29.1 Å². The van der Waals surface area contributed by atoms with Crippen molar-refractivity contribution in [2.45, 2.75) is 25.9 Å². The van der Waals surface area contributed by atoms with Crippen LogP contribution in [0.25, 0.3) is 0 Å². The Labute approximate surface area is 106 Å². The molecule has 88 valence electrons. The van der Waals surface area contributed by atoms with Crippen LogP contribution in [-0.2, 0) is 9.53 Å². The summed E-state index contributed by atoms with van der Waals surface area (Å²) in [6.45, 7) is 1.95. The molecule has 0 heterocycles. The van der Waals surface area contributed by atoms with Crippen molar-refractivity contribution in [2.75, 3.05) is 7.11 Å². The average molecular weight is 261 g/mol. The van der Waals surface area contributed by atoms with E-state index in [1.807, 2.05) is 6.92 Å². The van der Waals surface area contributed by atoms with Crippen molar-refractivity contribution >= 4 is 29.0 Å². The van der Waals surface area contributed by atoms with Gasteiger partial charge >= 0.3 is 0 Å². The third-order valence-electron chi connectivity index (χ3n) is 2.27. The number of ether oxygens (including phenoxy) is 1. The van der Waals surface area contributed by atoms with Gasteiger partial charge in [-0.2, -0.15) is 0 Å². The lowest BCUT2D eigenvalue weighted by atomic mass is 10.0. The van der Waals surface area contributed by atoms with E-state index in [-0.39, 0.29) is 5.78 Å². The molecule has 0 N–H and O–H groups in total. The summed E-state index contributed by atoms with van der Waals surface area (Å²) in [6.07, 6.45) is 0.686. The van der Waals surface area contributed by atoms with E-state index < -0.39 is 6.10 Å². The maximum Gasteiger partial charge on any atom is 0.166 e. The number of carbonyl (C=O) groups is 1. The summed E-state index contributed by atoms with van der Waals surface area (Å²) in [7, 11) is 1.50. The van der Waals surface area contributed by atoms with Crippen molar-refractivity contribution < 1.29 is 9.53 Å². The van der Waals surface area contributed by atoms with E-state index >= 15 is 0 Å². The van der Waals surface area contributed by atoms with Crippen LogP contribution in [-0.4, -0.2) is 12.9 Å². The third kappa shape index (κ3) is 3.21. The Kier molecular flexibility index (Phi) is 5.26. The Balaban J connectivity index is 2.99. The zero-order valence-corrected chi connectivity index (χ0v) is 10.8. The van der Waals surface area contributed by atoms with Crippen LogP contribution in [0.1, 0.15) is 31.4 Å². The number of Topliss-reactive ketones (excluding diaryl/α,β-unsaturated/α-hetero) is 1. The molecule has 0 spiro atoms. The molecular weight excluding hydrogens is 247 g/mol. The van der Waals surface area contributed by atoms with Gasteiger partial charge in [-0.15, -0.1) is 0 Å². The van der Waals surface area contributed by atoms with Gasteiger partial charge in [0.05, 0.1) is 0 Å². The average Bonchev–Trinajstić information content (AvgIpc) is 2.22. The normalized spacial score (nSPS) is 12.5. The van der Waals surface area contributed by atoms with E-state index in [9.17, 15) is 4.79 Å². The summed E-state index contributed by atoms with van der Waals surface area (Å²) in [5, 5.41) is 1.01. The number of ketones is 1. The fourth-order valence-electron chi connectivity index (χ4n) is 1.52. The molecule has 0 fully saturated rings. The minimum atomic E-state index is -0.593. The lowest BCUT2D eigenvalue weighted by molar-refractivity contribution is -0.129. The lowest BCUT2D eigenvalue weighted by Crippen LogP contribution is -2.14. The summed E-state index contributed by atoms with van der Waals surface area (Å²) in [5.41, 5.74) is 0.673. The molecule has 0 saturated carbocycles. The molecule has 1 aromatic rings. The van der Waals surface area contributed by atoms with Gasteiger partial charge in [-0.3, -0.25) is 4.79 Å². The smallest absolute Gasteiger partial charge is 0.166 e. The van der Waals surface area contributed by atoms with Crippen LogP contribution >= 0.6 is 23.2 Å². The maximum atomic E-state index is 11.8. The highest BCUT2D eigenvalue weighted by molar-refractivity contribution is 6.35. The maximum absolute atomic E-state index is 11.8. The van der Waals surface area contributed by atoms with Gasteiger partial charge in [0.25, 0.3) is 0 Å². The molecule has 0 aliphatic rings. The predicted molar refractivity (Wildman–Crippen MR) is 66.1 cm³/mol. The Morgan fingerprint density at radius 2 is 2.12 bits per heavy atom. The van der Waals surface area contributed by atoms with Crippen LogP contribution in [0.15, 0.2) is 18.2 Å². The second kappa shape index (κ2) is 6.24. The van der Waals surface area contributed by atoms with Crippen LogP contribution in [0, 0.1) is 0 Å². The summed E-state index contributed by atoms with van der Waals surface area (Å²) in [6, 6.07) is 5.05. The summed E-state index contributed by atoms with van der Waals surface area (Å²) in [4.78, 5) is 11.8. The number of halogens is 2. The van der Waals surface area contributed by atoms with Gasteiger partial charge < -0.3 is 4.74 Å². The monoisotopic (exact) mass is 260 g/mol. The number of hydrogen-bond donors (Lipinski definition) is 0. The van der Waals surface area contributed by atoms with Crippen LogP contribution in [0.4, 0.5) is 0 Å². The topological polar surface area (TPSA) is 26.3 Å². The lowest BCUT2D eigenvalue weighted by Gasteiger charge is -2.15. The van der Waals surface area contributed by atoms with Crippen molar-refractivity contribution in [3.63, 3.8) is 0 Å². The minimum absolute atomic E-state index is 0.0363. The molecule has 0 bridgehead atoms. The summed E-state index contributed by atoms with van der Waals surface area (Å²) in [5.74, 6) is 0.0363. The number of methoxy groups -OCH3 is 1. The van der Waals surface area contributed by atoms with Gasteiger partial charge in [0.15, 0.2) is 5.78 Å². The van der Waals surface area contributed by atoms with Gasteiger partial charge in [0.2, 0.25) is 0 Å². The Morgan fingerprint density at radius 3 is 2.62 bits per heavy atom. The van der Waals surface area contributed by atoms with Gasteiger partial charge in [-0.1, -0.05) is 36.2 Å². The molecule has 16 heavy (non-hydrogen) atoms. The predicted octanol–water partition coefficient (Wildman–Crippen LogP) is 4.05. The first-order valence-electron chi connectivity index (χ1n) is 5.10. The van der Waals surface area contributed by atoms with Crippen molar-refractivity contribution in [1.82, 2.24) is 0 Å². The minimum Gasteiger partial charge on any atom is -0.369 e. The van der Waals surface area contributed by atoms with Crippen LogP contribution in [0.2, 0.25) is 10.0 Å². The van der Waals surface area contributed by atoms with E-state index in [4.69, 9.17) is 27.9 Å². The fraction of sp³-hybridized carbons (Fsp3) is 0.417. The van der Waals surface area contributed by atoms with E-state index in [0.29, 0.717) is 22.0 Å². The van der Waals surface area contributed by atoms with Gasteiger partial charge in [0.1, 0.15) is 6.10 Å². The molecule has 1 rings (SSSR count). The van der Waals surface area contributed by atoms with Gasteiger partial charge in [-0.25, -0.2) is 0 Å². The molecular formula is C12H14Cl2O2. The largest absolute Gasteiger partial charge is 0.369 e. The molecule has 0 amide bonds. The third-order valence-corrected chi connectivity index (χ3v) is 2.83. The van der Waals surface area contributed by atoms with Crippen molar-refractivity contribution in [3.05, 3.63) is 33.8 Å². The Hall–Kier alpha value is -0.570. The van der Waals surface area contributed by atoms with Crippen LogP contribution in [0.5, 0.6) is 0 Å². The molecule has 1 unspecified atom stereocenters. The van der Waals surface area contributed by atoms with Crippen LogP contribution < -0.4 is 0 Å². The van der Waals surface area contributed by atoms with Crippen molar-refractivity contribution in [2.24, 2.45) is 0 Å². The first kappa shape index (κ1) is 13.5. The van der Waals surface area contributed by atoms with E-state index in [1.54, 1.807) is 18.2 Å². The quantitative estimate of drug-likeness (QED) is 0.799. The highest BCUT2D eigenvalue weighted by atomic mass is 35.5. The molecule has 0 aliphatic carbocycles. The number of hydrogen-bond acceptors (Lipinski definition) is 2. The SMILES string of the molecule is CCCC(=O)C(OC)c1ccc(Cl)cc1Cl. The number of rotatable bonds is 5. The first-order valence-corrected chi connectivity index (χ1v) is 5.86. The van der Waals surface area contributed by atoms with Crippen molar-refractivity contribution in [1.29, 1.82) is 0 Å². The number of carbonyl (C=O) groups excluding carboxylic acids is 1. The molecule has 4 heteroatoms. The number of benzene rings is 1. The molecule has 1 atom stereocenters. The molecule has 0 aliphatic heterocycles. The Morgan fingerprint density at radius 1 is 1.44 bits per heavy atom. The summed E-state index contributed by atoms with van der Waals surface area (Å²) < 4.78 is 5.19. The fourth-order valence-corrected chi connectivity index (χ4v) is 2.03. The Bertz CT molecular complexity index is 377. The van der Waals surface area contributed by atoms with Crippen molar-refractivity contribution in [3.8, 4) is 0 Å². The highest BCUT2D eigenvalue weighted by Crippen LogP contribution is 2.29. The zero-order chi connectivity index (χ0) is 12.1. The van der Waals surface area contributed by atoms with E-state index in [0.717, 1.165) is 6.42 Å². The summed E-state index contributed by atoms with van der Waals surface area (Å²) >= 11 is 11.8. The zero-order valence-electron chi connectivity index (χ0n) is 9.30. The molecule has 0 radical (unpaired) electrons. The molecule has 0 aromatic heterocycles. The molecule has 1 aromatic carbocycles. The highest BCUT2D eigenvalue weighted by Gasteiger charge is 2.21. The van der Waals surface area contributed by atoms with E-state index in [1.165, 1.54) is 7.11 Å². The standard InChI is InChI=1S/C12H14Cl2O2/c1-3-4-11(15)12(16-2)9-6-5-8(13)7-10(9)14/h5-7,12H,3-4H2,1-2H3. The molecule has 0 saturated heterocycles. The molecule has 2 nitrogen and oxygen atoms in total. The second-order valence-electron chi connectivity index (χ2n) is 3.50. The van der Waals surface area contributed by atoms with Gasteiger partial charge in [-0.05, 0) is 18.6 Å². The van der Waals surface area contributed by atoms with Crippen LogP contribution in [0.3, 0.4) is 0 Å². The first-order chi connectivity index (χ1) is 7.60.